The molecule has 1 aliphatic rings. The van der Waals surface area contributed by atoms with E-state index in [-0.39, 0.29) is 24.5 Å². The van der Waals surface area contributed by atoms with Crippen molar-refractivity contribution in [2.24, 2.45) is 11.1 Å². The van der Waals surface area contributed by atoms with Crippen molar-refractivity contribution in [1.82, 2.24) is 0 Å². The lowest BCUT2D eigenvalue weighted by atomic mass is 9.82. The van der Waals surface area contributed by atoms with Gasteiger partial charge in [0, 0.05) is 5.41 Å². The fraction of sp³-hybridized carbons (Fsp3) is 0.889. The van der Waals surface area contributed by atoms with Crippen LogP contribution in [0.5, 0.6) is 0 Å². The second-order valence-electron chi connectivity index (χ2n) is 4.15. The normalized spacial score (nSPS) is 29.7. The Bertz CT molecular complexity index is 338. The Morgan fingerprint density at radius 1 is 1.53 bits per heavy atom. The second-order valence-corrected chi connectivity index (χ2v) is 6.34. The van der Waals surface area contributed by atoms with E-state index >= 15 is 0 Å². The van der Waals surface area contributed by atoms with Crippen LogP contribution in [-0.4, -0.2) is 39.5 Å². The molecule has 6 heteroatoms. The van der Waals surface area contributed by atoms with E-state index in [0.29, 0.717) is 12.8 Å². The minimum Gasteiger partial charge on any atom is -0.469 e. The summed E-state index contributed by atoms with van der Waals surface area (Å²) in [5, 5.41) is 0. The third kappa shape index (κ3) is 3.17. The molecule has 0 saturated carbocycles. The van der Waals surface area contributed by atoms with E-state index in [2.05, 4.69) is 4.74 Å². The molecule has 0 spiro atoms. The first-order valence-electron chi connectivity index (χ1n) is 4.90. The van der Waals surface area contributed by atoms with E-state index in [1.807, 2.05) is 0 Å². The summed E-state index contributed by atoms with van der Waals surface area (Å²) in [5.74, 6) is -0.181. The number of sulfone groups is 1. The summed E-state index contributed by atoms with van der Waals surface area (Å²) in [6.45, 7) is 0.210. The predicted molar refractivity (Wildman–Crippen MR) is 56.0 cm³/mol. The molecule has 0 amide bonds. The number of rotatable bonds is 3. The number of ether oxygens (including phenoxy) is 1. The van der Waals surface area contributed by atoms with Crippen LogP contribution in [0.1, 0.15) is 19.3 Å². The summed E-state index contributed by atoms with van der Waals surface area (Å²) in [5.41, 5.74) is 4.98. The highest BCUT2D eigenvalue weighted by molar-refractivity contribution is 7.91. The van der Waals surface area contributed by atoms with Crippen molar-refractivity contribution >= 4 is 15.8 Å². The molecule has 1 heterocycles. The molecule has 0 radical (unpaired) electrons. The maximum atomic E-state index is 11.5. The Labute approximate surface area is 89.9 Å². The third-order valence-corrected chi connectivity index (χ3v) is 4.83. The summed E-state index contributed by atoms with van der Waals surface area (Å²) in [7, 11) is -1.75. The minimum absolute atomic E-state index is 0.00556. The Hall–Kier alpha value is -0.620. The Kier molecular flexibility index (Phi) is 3.72. The topological polar surface area (TPSA) is 86.5 Å². The first kappa shape index (κ1) is 12.4. The molecule has 0 aromatic rings. The Balaban J connectivity index is 2.80. The van der Waals surface area contributed by atoms with Crippen molar-refractivity contribution in [3.8, 4) is 0 Å². The van der Waals surface area contributed by atoms with E-state index in [1.54, 1.807) is 0 Å². The standard InChI is InChI=1S/C9H17NO4S/c1-14-8(11)5-9(6-10)3-2-4-15(12,13)7-9/h2-7,10H2,1H3. The van der Waals surface area contributed by atoms with Gasteiger partial charge in [0.15, 0.2) is 9.84 Å². The quantitative estimate of drug-likeness (QED) is 0.679. The van der Waals surface area contributed by atoms with Gasteiger partial charge in [-0.05, 0) is 19.4 Å². The summed E-state index contributed by atoms with van der Waals surface area (Å²) < 4.78 is 27.5. The van der Waals surface area contributed by atoms with Crippen LogP contribution in [0.2, 0.25) is 0 Å². The van der Waals surface area contributed by atoms with Gasteiger partial charge in [0.25, 0.3) is 0 Å². The van der Waals surface area contributed by atoms with Gasteiger partial charge in [-0.25, -0.2) is 8.42 Å². The molecule has 15 heavy (non-hydrogen) atoms. The molecular weight excluding hydrogens is 218 g/mol. The summed E-state index contributed by atoms with van der Waals surface area (Å²) >= 11 is 0. The number of carbonyl (C=O) groups excluding carboxylic acids is 1. The van der Waals surface area contributed by atoms with Crippen molar-refractivity contribution in [2.45, 2.75) is 19.3 Å². The van der Waals surface area contributed by atoms with Crippen molar-refractivity contribution in [3.63, 3.8) is 0 Å². The maximum Gasteiger partial charge on any atom is 0.306 e. The molecule has 1 fully saturated rings. The van der Waals surface area contributed by atoms with Crippen LogP contribution in [0.15, 0.2) is 0 Å². The highest BCUT2D eigenvalue weighted by Crippen LogP contribution is 2.34. The van der Waals surface area contributed by atoms with E-state index in [1.165, 1.54) is 7.11 Å². The summed E-state index contributed by atoms with van der Waals surface area (Å²) in [4.78, 5) is 11.2. The van der Waals surface area contributed by atoms with Crippen molar-refractivity contribution in [1.29, 1.82) is 0 Å². The number of hydrogen-bond acceptors (Lipinski definition) is 5. The van der Waals surface area contributed by atoms with Crippen LogP contribution in [0.3, 0.4) is 0 Å². The Morgan fingerprint density at radius 2 is 2.20 bits per heavy atom. The minimum atomic E-state index is -3.04. The van der Waals surface area contributed by atoms with Gasteiger partial charge in [0.1, 0.15) is 0 Å². The van der Waals surface area contributed by atoms with Gasteiger partial charge in [-0.15, -0.1) is 0 Å². The number of nitrogens with two attached hydrogens (primary N) is 1. The molecular formula is C9H17NO4S. The van der Waals surface area contributed by atoms with Gasteiger partial charge in [-0.1, -0.05) is 0 Å². The van der Waals surface area contributed by atoms with Gasteiger partial charge in [-0.3, -0.25) is 4.79 Å². The molecule has 1 atom stereocenters. The fourth-order valence-corrected chi connectivity index (χ4v) is 4.05. The smallest absolute Gasteiger partial charge is 0.306 e. The zero-order chi connectivity index (χ0) is 11.5. The van der Waals surface area contributed by atoms with E-state index < -0.39 is 21.2 Å². The number of methoxy groups -OCH3 is 1. The first-order chi connectivity index (χ1) is 6.93. The van der Waals surface area contributed by atoms with Gasteiger partial charge in [-0.2, -0.15) is 0 Å². The molecule has 0 aromatic heterocycles. The van der Waals surface area contributed by atoms with Crippen LogP contribution in [0.4, 0.5) is 0 Å². The first-order valence-corrected chi connectivity index (χ1v) is 6.72. The molecule has 1 rings (SSSR count). The van der Waals surface area contributed by atoms with E-state index in [9.17, 15) is 13.2 Å². The van der Waals surface area contributed by atoms with Crippen LogP contribution in [0, 0.1) is 5.41 Å². The monoisotopic (exact) mass is 235 g/mol. The lowest BCUT2D eigenvalue weighted by molar-refractivity contribution is -0.143. The molecule has 1 unspecified atom stereocenters. The van der Waals surface area contributed by atoms with Crippen molar-refractivity contribution in [3.05, 3.63) is 0 Å². The van der Waals surface area contributed by atoms with Crippen LogP contribution in [0.25, 0.3) is 0 Å². The molecule has 5 nitrogen and oxygen atoms in total. The summed E-state index contributed by atoms with van der Waals surface area (Å²) in [6.07, 6.45) is 1.35. The number of carbonyl (C=O) groups is 1. The number of esters is 1. The molecule has 2 N–H and O–H groups in total. The van der Waals surface area contributed by atoms with E-state index in [0.717, 1.165) is 0 Å². The zero-order valence-electron chi connectivity index (χ0n) is 8.86. The molecule has 0 bridgehead atoms. The fourth-order valence-electron chi connectivity index (χ4n) is 2.03. The van der Waals surface area contributed by atoms with Gasteiger partial charge in [0.05, 0.1) is 25.0 Å². The molecule has 0 aliphatic carbocycles. The lowest BCUT2D eigenvalue weighted by Gasteiger charge is -2.34. The third-order valence-electron chi connectivity index (χ3n) is 2.87. The van der Waals surface area contributed by atoms with Crippen LogP contribution >= 0.6 is 0 Å². The predicted octanol–water partition coefficient (Wildman–Crippen LogP) is -0.297. The van der Waals surface area contributed by atoms with E-state index in [4.69, 9.17) is 5.73 Å². The van der Waals surface area contributed by atoms with Gasteiger partial charge in [0.2, 0.25) is 0 Å². The van der Waals surface area contributed by atoms with Crippen LogP contribution in [-0.2, 0) is 19.4 Å². The van der Waals surface area contributed by atoms with Crippen molar-refractivity contribution < 1.29 is 17.9 Å². The van der Waals surface area contributed by atoms with Crippen LogP contribution < -0.4 is 5.73 Å². The second kappa shape index (κ2) is 4.49. The highest BCUT2D eigenvalue weighted by atomic mass is 32.2. The lowest BCUT2D eigenvalue weighted by Crippen LogP contribution is -2.43. The van der Waals surface area contributed by atoms with Gasteiger partial charge >= 0.3 is 5.97 Å². The Morgan fingerprint density at radius 3 is 2.67 bits per heavy atom. The molecule has 1 saturated heterocycles. The SMILES string of the molecule is COC(=O)CC1(CN)CCCS(=O)(=O)C1. The zero-order valence-corrected chi connectivity index (χ0v) is 9.68. The summed E-state index contributed by atoms with van der Waals surface area (Å²) in [6, 6.07) is 0. The molecule has 0 aromatic carbocycles. The highest BCUT2D eigenvalue weighted by Gasteiger charge is 2.39. The largest absolute Gasteiger partial charge is 0.469 e. The average molecular weight is 235 g/mol. The molecule has 1 aliphatic heterocycles. The van der Waals surface area contributed by atoms with Crippen molar-refractivity contribution in [2.75, 3.05) is 25.2 Å². The average Bonchev–Trinajstić information content (AvgIpc) is 2.16. The number of hydrogen-bond donors (Lipinski definition) is 1. The maximum absolute atomic E-state index is 11.5. The molecule has 88 valence electrons. The van der Waals surface area contributed by atoms with Gasteiger partial charge < -0.3 is 10.5 Å².